The topological polar surface area (TPSA) is 17.8 Å². The molecule has 1 aromatic heterocycles. The maximum atomic E-state index is 7.90. The Kier molecular flexibility index (Phi) is 8.83. The molecule has 0 bridgehead atoms. The lowest BCUT2D eigenvalue weighted by Crippen LogP contribution is -1.92. The third-order valence-electron chi connectivity index (χ3n) is 2.64. The lowest BCUT2D eigenvalue weighted by Gasteiger charge is -1.99. The highest BCUT2D eigenvalue weighted by atomic mass is 15.0. The van der Waals surface area contributed by atoms with Crippen molar-refractivity contribution in [1.82, 2.24) is 9.55 Å². The van der Waals surface area contributed by atoms with Crippen molar-refractivity contribution in [3.8, 4) is 0 Å². The van der Waals surface area contributed by atoms with Gasteiger partial charge in [0, 0.05) is 20.5 Å². The molecule has 2 unspecified atom stereocenters. The van der Waals surface area contributed by atoms with Crippen LogP contribution in [0.5, 0.6) is 0 Å². The minimum absolute atomic E-state index is 0. The maximum absolute atomic E-state index is 7.90. The van der Waals surface area contributed by atoms with Crippen LogP contribution in [-0.4, -0.2) is 9.55 Å². The van der Waals surface area contributed by atoms with Gasteiger partial charge in [0.1, 0.15) is 0 Å². The van der Waals surface area contributed by atoms with E-state index in [9.17, 15) is 0 Å². The second kappa shape index (κ2) is 9.26. The molecular weight excluding hydrogens is 208 g/mol. The number of nitrogens with zero attached hydrogens (tertiary/aromatic N) is 2. The molecule has 17 heavy (non-hydrogen) atoms. The zero-order valence-corrected chi connectivity index (χ0v) is 11.9. The lowest BCUT2D eigenvalue weighted by molar-refractivity contribution is 0.546. The summed E-state index contributed by atoms with van der Waals surface area (Å²) in [4.78, 5) is 4.32. The largest absolute Gasteiger partial charge is 0.340 e. The van der Waals surface area contributed by atoms with E-state index >= 15 is 0 Å². The van der Waals surface area contributed by atoms with Gasteiger partial charge in [-0.05, 0) is 18.2 Å². The van der Waals surface area contributed by atoms with Gasteiger partial charge in [-0.1, -0.05) is 49.0 Å². The molecule has 1 aliphatic carbocycles. The zero-order valence-electron chi connectivity index (χ0n) is 12.9. The first-order valence-electron chi connectivity index (χ1n) is 6.96. The van der Waals surface area contributed by atoms with Gasteiger partial charge >= 0.3 is 0 Å². The van der Waals surface area contributed by atoms with Gasteiger partial charge in [-0.3, -0.25) is 0 Å². The average molecular weight is 242 g/mol. The summed E-state index contributed by atoms with van der Waals surface area (Å²) in [5.41, 5.74) is 1.16. The maximum Gasteiger partial charge on any atom is 0.0946 e. The number of hydrogen-bond donors (Lipinski definition) is 0. The Morgan fingerprint density at radius 1 is 1.35 bits per heavy atom. The Hall–Kier alpha value is -0.790. The number of imidazole rings is 1. The van der Waals surface area contributed by atoms with Gasteiger partial charge in [-0.25, -0.2) is 4.98 Å². The summed E-state index contributed by atoms with van der Waals surface area (Å²) in [7, 11) is 1.99. The summed E-state index contributed by atoms with van der Waals surface area (Å²) in [6, 6.07) is 0. The van der Waals surface area contributed by atoms with Crippen LogP contribution in [0.2, 0.25) is 0 Å². The van der Waals surface area contributed by atoms with Crippen molar-refractivity contribution in [2.24, 2.45) is 18.9 Å². The zero-order chi connectivity index (χ0) is 13.6. The van der Waals surface area contributed by atoms with E-state index in [4.69, 9.17) is 1.37 Å². The Bertz CT molecular complexity index is 313. The molecule has 0 saturated heterocycles. The summed E-state index contributed by atoms with van der Waals surface area (Å²) in [5.74, 6) is 0.735. The standard InChI is InChI=1S/C10H16N2.2C2H6.CH4/c1-7(2)8-4-9(8)10-5-12(3)6-11-10;2*1-2;/h5-9H,4H2,1-3H3;2*1-2H3;1H4/i7T;;;. The van der Waals surface area contributed by atoms with Crippen molar-refractivity contribution >= 4 is 0 Å². The van der Waals surface area contributed by atoms with Crippen molar-refractivity contribution in [3.05, 3.63) is 18.2 Å². The molecule has 0 amide bonds. The van der Waals surface area contributed by atoms with Gasteiger partial charge in [0.05, 0.1) is 12.0 Å². The number of aromatic nitrogens is 2. The van der Waals surface area contributed by atoms with Gasteiger partial charge in [-0.15, -0.1) is 0 Å². The van der Waals surface area contributed by atoms with Crippen LogP contribution in [0, 0.1) is 11.8 Å². The monoisotopic (exact) mass is 242 g/mol. The second-order valence-electron chi connectivity index (χ2n) is 3.99. The van der Waals surface area contributed by atoms with Crippen LogP contribution in [-0.2, 0) is 7.05 Å². The Morgan fingerprint density at radius 3 is 2.18 bits per heavy atom. The molecule has 2 atom stereocenters. The Morgan fingerprint density at radius 2 is 1.88 bits per heavy atom. The molecule has 102 valence electrons. The molecular formula is C15H32N2. The van der Waals surface area contributed by atoms with Crippen LogP contribution in [0.4, 0.5) is 0 Å². The quantitative estimate of drug-likeness (QED) is 0.723. The smallest absolute Gasteiger partial charge is 0.0946 e. The van der Waals surface area contributed by atoms with E-state index in [1.807, 2.05) is 59.5 Å². The van der Waals surface area contributed by atoms with Gasteiger partial charge in [0.25, 0.3) is 0 Å². The van der Waals surface area contributed by atoms with E-state index in [0.29, 0.717) is 11.8 Å². The molecule has 2 nitrogen and oxygen atoms in total. The highest BCUT2D eigenvalue weighted by Crippen LogP contribution is 2.50. The predicted octanol–water partition coefficient (Wildman–Crippen LogP) is 4.87. The van der Waals surface area contributed by atoms with E-state index in [1.165, 1.54) is 0 Å². The minimum Gasteiger partial charge on any atom is -0.340 e. The highest BCUT2D eigenvalue weighted by Gasteiger charge is 2.41. The summed E-state index contributed by atoms with van der Waals surface area (Å²) in [6.07, 6.45) is 5.03. The molecule has 0 aromatic carbocycles. The molecule has 0 spiro atoms. The van der Waals surface area contributed by atoms with E-state index in [2.05, 4.69) is 11.2 Å². The minimum atomic E-state index is -0.303. The van der Waals surface area contributed by atoms with Gasteiger partial charge < -0.3 is 4.57 Å². The third-order valence-corrected chi connectivity index (χ3v) is 2.64. The summed E-state index contributed by atoms with van der Waals surface area (Å²) < 4.78 is 9.87. The SMILES string of the molecule is C.CC.CC.[3H]C(C)(C)C1CC1c1cn(C)cn1. The average Bonchev–Trinajstić information content (AvgIpc) is 3.01. The van der Waals surface area contributed by atoms with Crippen molar-refractivity contribution in [1.29, 1.82) is 0 Å². The van der Waals surface area contributed by atoms with Gasteiger partial charge in [0.2, 0.25) is 0 Å². The number of rotatable bonds is 2. The molecule has 1 heterocycles. The Labute approximate surface area is 110 Å². The molecule has 1 fully saturated rings. The summed E-state index contributed by atoms with van der Waals surface area (Å²) in [5, 5.41) is 0. The fraction of sp³-hybridized carbons (Fsp3) is 0.800. The molecule has 1 saturated carbocycles. The number of hydrogen-bond acceptors (Lipinski definition) is 1. The van der Waals surface area contributed by atoms with Gasteiger partial charge in [-0.2, -0.15) is 0 Å². The summed E-state index contributed by atoms with van der Waals surface area (Å²) >= 11 is 0. The first kappa shape index (κ1) is 16.2. The van der Waals surface area contributed by atoms with E-state index < -0.39 is 0 Å². The highest BCUT2D eigenvalue weighted by molar-refractivity contribution is 5.15. The Balaban J connectivity index is 0. The van der Waals surface area contributed by atoms with Crippen molar-refractivity contribution in [2.75, 3.05) is 0 Å². The van der Waals surface area contributed by atoms with Gasteiger partial charge in [0.15, 0.2) is 0 Å². The van der Waals surface area contributed by atoms with Crippen LogP contribution >= 0.6 is 0 Å². The van der Waals surface area contributed by atoms with Crippen LogP contribution in [0.25, 0.3) is 0 Å². The molecule has 1 aliphatic rings. The van der Waals surface area contributed by atoms with Crippen molar-refractivity contribution in [2.45, 2.75) is 61.3 Å². The summed E-state index contributed by atoms with van der Waals surface area (Å²) in [6.45, 7) is 12.0. The molecule has 2 rings (SSSR count). The van der Waals surface area contributed by atoms with Crippen molar-refractivity contribution in [3.63, 3.8) is 0 Å². The molecule has 1 aromatic rings. The third kappa shape index (κ3) is 5.38. The van der Waals surface area contributed by atoms with Crippen LogP contribution in [0.1, 0.15) is 68.4 Å². The van der Waals surface area contributed by atoms with E-state index in [0.717, 1.165) is 12.1 Å². The van der Waals surface area contributed by atoms with Crippen LogP contribution < -0.4 is 0 Å². The normalized spacial score (nSPS) is 21.9. The van der Waals surface area contributed by atoms with Crippen LogP contribution in [0.3, 0.4) is 0 Å². The molecule has 0 N–H and O–H groups in total. The lowest BCUT2D eigenvalue weighted by atomic mass is 10.1. The predicted molar refractivity (Wildman–Crippen MR) is 78.3 cm³/mol. The van der Waals surface area contributed by atoms with Crippen molar-refractivity contribution < 1.29 is 1.37 Å². The molecule has 0 radical (unpaired) electrons. The second-order valence-corrected chi connectivity index (χ2v) is 3.99. The fourth-order valence-electron chi connectivity index (χ4n) is 1.78. The van der Waals surface area contributed by atoms with E-state index in [-0.39, 0.29) is 13.3 Å². The fourth-order valence-corrected chi connectivity index (χ4v) is 1.78. The first-order valence-corrected chi connectivity index (χ1v) is 6.46. The first-order chi connectivity index (χ1) is 7.98. The molecule has 2 heteroatoms. The molecule has 0 aliphatic heterocycles. The van der Waals surface area contributed by atoms with E-state index in [1.54, 1.807) is 0 Å². The number of aryl methyl sites for hydroxylation is 1. The van der Waals surface area contributed by atoms with Crippen LogP contribution in [0.15, 0.2) is 12.5 Å².